The number of allylic oxidation sites excluding steroid dienone is 1. The fraction of sp³-hybridized carbons (Fsp3) is 0.174. The molecule has 0 atom stereocenters. The summed E-state index contributed by atoms with van der Waals surface area (Å²) in [5.41, 5.74) is 6.32. The zero-order valence-electron chi connectivity index (χ0n) is 15.6. The van der Waals surface area contributed by atoms with Crippen LogP contribution in [-0.2, 0) is 0 Å². The predicted molar refractivity (Wildman–Crippen MR) is 106 cm³/mol. The number of methoxy groups -OCH3 is 1. The number of benzene rings is 2. The number of nitrogens with zero attached hydrogens (tertiary/aromatic N) is 1. The second kappa shape index (κ2) is 7.44. The van der Waals surface area contributed by atoms with E-state index in [4.69, 9.17) is 4.74 Å². The number of ether oxygens (including phenoxy) is 1. The van der Waals surface area contributed by atoms with Gasteiger partial charge in [-0.1, -0.05) is 17.7 Å². The zero-order valence-corrected chi connectivity index (χ0v) is 15.6. The molecule has 1 aromatic heterocycles. The van der Waals surface area contributed by atoms with Gasteiger partial charge in [0.2, 0.25) is 0 Å². The van der Waals surface area contributed by atoms with Crippen molar-refractivity contribution in [1.82, 2.24) is 4.57 Å². The van der Waals surface area contributed by atoms with Crippen LogP contribution in [0.3, 0.4) is 0 Å². The lowest BCUT2D eigenvalue weighted by molar-refractivity contribution is 0.104. The first-order valence-electron chi connectivity index (χ1n) is 8.62. The molecule has 0 radical (unpaired) electrons. The third-order valence-corrected chi connectivity index (χ3v) is 4.55. The Bertz CT molecular complexity index is 945. The molecule has 0 saturated heterocycles. The molecule has 0 amide bonds. The van der Waals surface area contributed by atoms with Gasteiger partial charge in [-0.25, -0.2) is 0 Å². The quantitative estimate of drug-likeness (QED) is 0.464. The Morgan fingerprint density at radius 1 is 0.962 bits per heavy atom. The first-order chi connectivity index (χ1) is 12.5. The van der Waals surface area contributed by atoms with E-state index in [1.54, 1.807) is 37.5 Å². The fourth-order valence-electron chi connectivity index (χ4n) is 3.06. The monoisotopic (exact) mass is 345 g/mol. The van der Waals surface area contributed by atoms with Crippen molar-refractivity contribution in [2.75, 3.05) is 7.11 Å². The van der Waals surface area contributed by atoms with Gasteiger partial charge in [-0.15, -0.1) is 0 Å². The Morgan fingerprint density at radius 2 is 1.62 bits per heavy atom. The average Bonchev–Trinajstić information content (AvgIpc) is 2.94. The maximum Gasteiger partial charge on any atom is 0.185 e. The van der Waals surface area contributed by atoms with Crippen LogP contribution in [0.4, 0.5) is 0 Å². The van der Waals surface area contributed by atoms with Gasteiger partial charge >= 0.3 is 0 Å². The molecule has 3 heteroatoms. The SMILES string of the molecule is COc1ccc(C(=O)/C=C/c2cc(C)n(-c3ccc(C)cc3)c2C)cc1. The highest BCUT2D eigenvalue weighted by Crippen LogP contribution is 2.22. The van der Waals surface area contributed by atoms with Crippen molar-refractivity contribution >= 4 is 11.9 Å². The maximum atomic E-state index is 12.4. The summed E-state index contributed by atoms with van der Waals surface area (Å²) in [5, 5.41) is 0. The summed E-state index contributed by atoms with van der Waals surface area (Å²) < 4.78 is 7.33. The second-order valence-corrected chi connectivity index (χ2v) is 6.42. The lowest BCUT2D eigenvalue weighted by Crippen LogP contribution is -1.99. The Balaban J connectivity index is 1.85. The van der Waals surface area contributed by atoms with Crippen molar-refractivity contribution in [3.05, 3.63) is 88.8 Å². The van der Waals surface area contributed by atoms with Crippen molar-refractivity contribution < 1.29 is 9.53 Å². The van der Waals surface area contributed by atoms with Crippen molar-refractivity contribution in [3.8, 4) is 11.4 Å². The number of carbonyl (C=O) groups is 1. The third kappa shape index (κ3) is 3.62. The minimum atomic E-state index is -0.0206. The van der Waals surface area contributed by atoms with Crippen LogP contribution in [-0.4, -0.2) is 17.5 Å². The molecular weight excluding hydrogens is 322 g/mol. The first kappa shape index (κ1) is 17.7. The average molecular weight is 345 g/mol. The van der Waals surface area contributed by atoms with Crippen LogP contribution in [0.5, 0.6) is 5.75 Å². The van der Waals surface area contributed by atoms with Gasteiger partial charge in [0.25, 0.3) is 0 Å². The second-order valence-electron chi connectivity index (χ2n) is 6.42. The molecule has 0 aliphatic heterocycles. The molecule has 26 heavy (non-hydrogen) atoms. The van der Waals surface area contributed by atoms with Crippen LogP contribution in [0.1, 0.15) is 32.9 Å². The Hall–Kier alpha value is -3.07. The molecule has 3 nitrogen and oxygen atoms in total. The van der Waals surface area contributed by atoms with Gasteiger partial charge in [-0.2, -0.15) is 0 Å². The van der Waals surface area contributed by atoms with Gasteiger partial charge in [0.15, 0.2) is 5.78 Å². The molecule has 0 saturated carbocycles. The highest BCUT2D eigenvalue weighted by Gasteiger charge is 2.09. The third-order valence-electron chi connectivity index (χ3n) is 4.55. The highest BCUT2D eigenvalue weighted by atomic mass is 16.5. The number of ketones is 1. The van der Waals surface area contributed by atoms with Gasteiger partial charge in [0.1, 0.15) is 5.75 Å². The molecule has 0 aliphatic carbocycles. The number of rotatable bonds is 5. The molecule has 3 aromatic rings. The summed E-state index contributed by atoms with van der Waals surface area (Å²) in [5.74, 6) is 0.722. The number of carbonyl (C=O) groups excluding carboxylic acids is 1. The Morgan fingerprint density at radius 3 is 2.23 bits per heavy atom. The molecule has 0 spiro atoms. The number of aryl methyl sites for hydroxylation is 2. The van der Waals surface area contributed by atoms with Gasteiger partial charge in [0, 0.05) is 22.6 Å². The Labute approximate surface area is 154 Å². The van der Waals surface area contributed by atoms with Crippen molar-refractivity contribution in [2.45, 2.75) is 20.8 Å². The van der Waals surface area contributed by atoms with E-state index in [9.17, 15) is 4.79 Å². The summed E-state index contributed by atoms with van der Waals surface area (Å²) >= 11 is 0. The molecule has 0 N–H and O–H groups in total. The van der Waals surface area contributed by atoms with Gasteiger partial charge in [-0.05, 0) is 81.0 Å². The van der Waals surface area contributed by atoms with Gasteiger partial charge < -0.3 is 9.30 Å². The minimum absolute atomic E-state index is 0.0206. The van der Waals surface area contributed by atoms with Gasteiger partial charge in [0.05, 0.1) is 7.11 Å². The minimum Gasteiger partial charge on any atom is -0.497 e. The molecular formula is C23H23NO2. The molecule has 0 bridgehead atoms. The van der Waals surface area contributed by atoms with E-state index in [0.29, 0.717) is 5.56 Å². The van der Waals surface area contributed by atoms with Crippen molar-refractivity contribution in [1.29, 1.82) is 0 Å². The lowest BCUT2D eigenvalue weighted by Gasteiger charge is -2.09. The molecule has 132 valence electrons. The topological polar surface area (TPSA) is 31.2 Å². The van der Waals surface area contributed by atoms with Crippen LogP contribution >= 0.6 is 0 Å². The van der Waals surface area contributed by atoms with Crippen LogP contribution < -0.4 is 4.74 Å². The molecule has 2 aromatic carbocycles. The van der Waals surface area contributed by atoms with Crippen LogP contribution in [0.25, 0.3) is 11.8 Å². The summed E-state index contributed by atoms with van der Waals surface area (Å²) in [4.78, 5) is 12.4. The molecule has 0 fully saturated rings. The van der Waals surface area contributed by atoms with Crippen molar-refractivity contribution in [2.24, 2.45) is 0 Å². The van der Waals surface area contributed by atoms with E-state index in [1.165, 1.54) is 5.56 Å². The number of hydrogen-bond donors (Lipinski definition) is 0. The standard InChI is InChI=1S/C23H23NO2/c1-16-5-10-21(11-6-16)24-17(2)15-20(18(24)3)9-14-23(25)19-7-12-22(26-4)13-8-19/h5-15H,1-4H3/b14-9+. The molecule has 1 heterocycles. The van der Waals surface area contributed by atoms with Crippen molar-refractivity contribution in [3.63, 3.8) is 0 Å². The molecule has 0 aliphatic rings. The predicted octanol–water partition coefficient (Wildman–Crippen LogP) is 5.31. The number of aromatic nitrogens is 1. The van der Waals surface area contributed by atoms with E-state index in [2.05, 4.69) is 55.7 Å². The van der Waals surface area contributed by atoms with Crippen LogP contribution in [0.2, 0.25) is 0 Å². The number of hydrogen-bond acceptors (Lipinski definition) is 2. The zero-order chi connectivity index (χ0) is 18.7. The smallest absolute Gasteiger partial charge is 0.185 e. The largest absolute Gasteiger partial charge is 0.497 e. The fourth-order valence-corrected chi connectivity index (χ4v) is 3.06. The Kier molecular flexibility index (Phi) is 5.08. The normalized spacial score (nSPS) is 11.1. The summed E-state index contributed by atoms with van der Waals surface area (Å²) in [6, 6.07) is 17.7. The summed E-state index contributed by atoms with van der Waals surface area (Å²) in [6.45, 7) is 6.23. The van der Waals surface area contributed by atoms with E-state index >= 15 is 0 Å². The molecule has 3 rings (SSSR count). The molecule has 0 unspecified atom stereocenters. The first-order valence-corrected chi connectivity index (χ1v) is 8.62. The van der Waals surface area contributed by atoms with Crippen LogP contribution in [0, 0.1) is 20.8 Å². The maximum absolute atomic E-state index is 12.4. The summed E-state index contributed by atoms with van der Waals surface area (Å²) in [7, 11) is 1.61. The van der Waals surface area contributed by atoms with E-state index < -0.39 is 0 Å². The lowest BCUT2D eigenvalue weighted by atomic mass is 10.1. The van der Waals surface area contributed by atoms with E-state index in [1.807, 2.05) is 6.08 Å². The van der Waals surface area contributed by atoms with Gasteiger partial charge in [-0.3, -0.25) is 4.79 Å². The highest BCUT2D eigenvalue weighted by molar-refractivity contribution is 6.06. The van der Waals surface area contributed by atoms with E-state index in [0.717, 1.165) is 28.4 Å². The van der Waals surface area contributed by atoms with E-state index in [-0.39, 0.29) is 5.78 Å². The van der Waals surface area contributed by atoms with Crippen LogP contribution in [0.15, 0.2) is 60.7 Å². The summed E-state index contributed by atoms with van der Waals surface area (Å²) in [6.07, 6.45) is 3.52.